The van der Waals surface area contributed by atoms with Crippen LogP contribution in [0.5, 0.6) is 5.75 Å². The van der Waals surface area contributed by atoms with E-state index in [9.17, 15) is 9.59 Å². The first-order valence-corrected chi connectivity index (χ1v) is 9.60. The smallest absolute Gasteiger partial charge is 0.253 e. The Morgan fingerprint density at radius 3 is 2.08 bits per heavy atom. The molecule has 0 unspecified atom stereocenters. The lowest BCUT2D eigenvalue weighted by Gasteiger charge is -2.38. The molecule has 2 aliphatic rings. The molecule has 2 amide bonds. The third kappa shape index (κ3) is 4.01. The van der Waals surface area contributed by atoms with Crippen molar-refractivity contribution in [3.8, 4) is 5.75 Å². The number of benzene rings is 1. The van der Waals surface area contributed by atoms with Crippen LogP contribution in [0.25, 0.3) is 0 Å². The van der Waals surface area contributed by atoms with Gasteiger partial charge in [0.1, 0.15) is 5.75 Å². The van der Waals surface area contributed by atoms with Gasteiger partial charge in [0.05, 0.1) is 13.2 Å². The predicted octanol–water partition coefficient (Wildman–Crippen LogP) is 1.85. The number of amides is 2. The van der Waals surface area contributed by atoms with Crippen LogP contribution in [0.15, 0.2) is 24.3 Å². The number of nitrogens with zero attached hydrogens (tertiary/aromatic N) is 3. The summed E-state index contributed by atoms with van der Waals surface area (Å²) in [7, 11) is 1.61. The standard InChI is InChI=1S/C20H29N3O3/c1-3-18(21-10-4-5-11-21)20(25)23-14-12-22(13-15-23)19(24)16-6-8-17(26-2)9-7-16/h6-9,18H,3-5,10-15H2,1-2H3/t18-/m1/s1. The van der Waals surface area contributed by atoms with E-state index in [1.807, 2.05) is 9.80 Å². The van der Waals surface area contributed by atoms with Gasteiger partial charge in [-0.1, -0.05) is 6.92 Å². The molecule has 142 valence electrons. The maximum atomic E-state index is 12.9. The minimum Gasteiger partial charge on any atom is -0.497 e. The molecule has 2 heterocycles. The molecule has 0 saturated carbocycles. The number of methoxy groups -OCH3 is 1. The topological polar surface area (TPSA) is 53.1 Å². The minimum absolute atomic E-state index is 0.00124. The van der Waals surface area contributed by atoms with Gasteiger partial charge in [-0.3, -0.25) is 14.5 Å². The normalized spacial score (nSPS) is 19.5. The third-order valence-corrected chi connectivity index (χ3v) is 5.47. The zero-order valence-corrected chi connectivity index (χ0v) is 15.8. The Balaban J connectivity index is 1.55. The molecule has 1 aromatic carbocycles. The fraction of sp³-hybridized carbons (Fsp3) is 0.600. The van der Waals surface area contributed by atoms with Gasteiger partial charge >= 0.3 is 0 Å². The first kappa shape index (κ1) is 18.7. The van der Waals surface area contributed by atoms with Crippen LogP contribution in [0.2, 0.25) is 0 Å². The highest BCUT2D eigenvalue weighted by Crippen LogP contribution is 2.18. The van der Waals surface area contributed by atoms with E-state index >= 15 is 0 Å². The lowest BCUT2D eigenvalue weighted by atomic mass is 10.1. The van der Waals surface area contributed by atoms with E-state index < -0.39 is 0 Å². The van der Waals surface area contributed by atoms with Crippen molar-refractivity contribution in [2.24, 2.45) is 0 Å². The van der Waals surface area contributed by atoms with Crippen molar-refractivity contribution >= 4 is 11.8 Å². The fourth-order valence-electron chi connectivity index (χ4n) is 3.90. The fourth-order valence-corrected chi connectivity index (χ4v) is 3.90. The van der Waals surface area contributed by atoms with E-state index in [2.05, 4.69) is 11.8 Å². The van der Waals surface area contributed by atoms with Gasteiger partial charge in [0.15, 0.2) is 0 Å². The zero-order chi connectivity index (χ0) is 18.5. The van der Waals surface area contributed by atoms with Crippen molar-refractivity contribution in [1.29, 1.82) is 0 Å². The first-order chi connectivity index (χ1) is 12.6. The van der Waals surface area contributed by atoms with Gasteiger partial charge in [-0.05, 0) is 56.6 Å². The van der Waals surface area contributed by atoms with Gasteiger partial charge in [-0.15, -0.1) is 0 Å². The van der Waals surface area contributed by atoms with Crippen LogP contribution < -0.4 is 4.74 Å². The van der Waals surface area contributed by atoms with Crippen LogP contribution in [-0.2, 0) is 4.79 Å². The maximum absolute atomic E-state index is 12.9. The average molecular weight is 359 g/mol. The second kappa shape index (κ2) is 8.54. The number of likely N-dealkylation sites (tertiary alicyclic amines) is 1. The Morgan fingerprint density at radius 2 is 1.54 bits per heavy atom. The molecule has 1 atom stereocenters. The Bertz CT molecular complexity index is 618. The Morgan fingerprint density at radius 1 is 0.962 bits per heavy atom. The highest BCUT2D eigenvalue weighted by atomic mass is 16.5. The Hall–Kier alpha value is -2.08. The SMILES string of the molecule is CC[C@H](C(=O)N1CCN(C(=O)c2ccc(OC)cc2)CC1)N1CCCC1. The van der Waals surface area contributed by atoms with Crippen molar-refractivity contribution in [2.45, 2.75) is 32.2 Å². The summed E-state index contributed by atoms with van der Waals surface area (Å²) >= 11 is 0. The largest absolute Gasteiger partial charge is 0.497 e. The van der Waals surface area contributed by atoms with Crippen molar-refractivity contribution in [3.63, 3.8) is 0 Å². The molecule has 3 rings (SSSR count). The summed E-state index contributed by atoms with van der Waals surface area (Å²) in [4.78, 5) is 31.6. The molecule has 2 aliphatic heterocycles. The highest BCUT2D eigenvalue weighted by Gasteiger charge is 2.32. The summed E-state index contributed by atoms with van der Waals surface area (Å²) in [6.45, 7) is 6.56. The molecule has 2 fully saturated rings. The van der Waals surface area contributed by atoms with Crippen LogP contribution in [0, 0.1) is 0 Å². The summed E-state index contributed by atoms with van der Waals surface area (Å²) < 4.78 is 5.14. The molecule has 26 heavy (non-hydrogen) atoms. The van der Waals surface area contributed by atoms with Crippen molar-refractivity contribution in [1.82, 2.24) is 14.7 Å². The van der Waals surface area contributed by atoms with E-state index in [4.69, 9.17) is 4.74 Å². The second-order valence-corrected chi connectivity index (χ2v) is 7.01. The van der Waals surface area contributed by atoms with E-state index in [1.165, 1.54) is 12.8 Å². The molecule has 1 aromatic rings. The summed E-state index contributed by atoms with van der Waals surface area (Å²) in [5.74, 6) is 0.988. The van der Waals surface area contributed by atoms with E-state index in [-0.39, 0.29) is 17.9 Å². The number of hydrogen-bond acceptors (Lipinski definition) is 4. The molecule has 6 heteroatoms. The van der Waals surface area contributed by atoms with E-state index in [0.717, 1.165) is 25.3 Å². The van der Waals surface area contributed by atoms with Crippen molar-refractivity contribution < 1.29 is 14.3 Å². The molecule has 0 aliphatic carbocycles. The summed E-state index contributed by atoms with van der Waals surface area (Å²) in [6.07, 6.45) is 3.23. The number of rotatable bonds is 5. The molecule has 0 radical (unpaired) electrons. The second-order valence-electron chi connectivity index (χ2n) is 7.01. The number of carbonyl (C=O) groups is 2. The van der Waals surface area contributed by atoms with Gasteiger partial charge in [0.25, 0.3) is 5.91 Å². The molecule has 0 aromatic heterocycles. The number of hydrogen-bond donors (Lipinski definition) is 0. The summed E-state index contributed by atoms with van der Waals surface area (Å²) in [5, 5.41) is 0. The quantitative estimate of drug-likeness (QED) is 0.805. The van der Waals surface area contributed by atoms with Gasteiger partial charge in [0, 0.05) is 31.7 Å². The highest BCUT2D eigenvalue weighted by molar-refractivity contribution is 5.94. The maximum Gasteiger partial charge on any atom is 0.253 e. The summed E-state index contributed by atoms with van der Waals surface area (Å²) in [6, 6.07) is 7.18. The van der Waals surface area contributed by atoms with E-state index in [0.29, 0.717) is 31.7 Å². The van der Waals surface area contributed by atoms with Crippen LogP contribution in [-0.4, -0.2) is 78.9 Å². The lowest BCUT2D eigenvalue weighted by Crippen LogP contribution is -2.55. The molecular formula is C20H29N3O3. The molecule has 2 saturated heterocycles. The minimum atomic E-state index is 0.00124. The lowest BCUT2D eigenvalue weighted by molar-refractivity contribution is -0.138. The monoisotopic (exact) mass is 359 g/mol. The van der Waals surface area contributed by atoms with Gasteiger partial charge in [-0.2, -0.15) is 0 Å². The van der Waals surface area contributed by atoms with Crippen LogP contribution in [0.1, 0.15) is 36.5 Å². The number of carbonyl (C=O) groups excluding carboxylic acids is 2. The number of ether oxygens (including phenoxy) is 1. The van der Waals surface area contributed by atoms with Crippen LogP contribution in [0.3, 0.4) is 0 Å². The zero-order valence-electron chi connectivity index (χ0n) is 15.8. The van der Waals surface area contributed by atoms with Gasteiger partial charge in [-0.25, -0.2) is 0 Å². The van der Waals surface area contributed by atoms with Gasteiger partial charge in [0.2, 0.25) is 5.91 Å². The van der Waals surface area contributed by atoms with Crippen molar-refractivity contribution in [3.05, 3.63) is 29.8 Å². The first-order valence-electron chi connectivity index (χ1n) is 9.60. The molecule has 0 bridgehead atoms. The predicted molar refractivity (Wildman–Crippen MR) is 100 cm³/mol. The molecule has 0 spiro atoms. The van der Waals surface area contributed by atoms with Gasteiger partial charge < -0.3 is 14.5 Å². The summed E-state index contributed by atoms with van der Waals surface area (Å²) in [5.41, 5.74) is 0.661. The average Bonchev–Trinajstić information content (AvgIpc) is 3.22. The Labute approximate surface area is 155 Å². The van der Waals surface area contributed by atoms with E-state index in [1.54, 1.807) is 31.4 Å². The van der Waals surface area contributed by atoms with Crippen LogP contribution in [0.4, 0.5) is 0 Å². The third-order valence-electron chi connectivity index (χ3n) is 5.47. The Kier molecular flexibility index (Phi) is 6.14. The molecular weight excluding hydrogens is 330 g/mol. The van der Waals surface area contributed by atoms with Crippen LogP contribution >= 0.6 is 0 Å². The number of piperazine rings is 1. The molecule has 0 N–H and O–H groups in total. The van der Waals surface area contributed by atoms with Crippen molar-refractivity contribution in [2.75, 3.05) is 46.4 Å². The molecule has 6 nitrogen and oxygen atoms in total.